The maximum absolute atomic E-state index is 5.53. The van der Waals surface area contributed by atoms with Crippen LogP contribution in [0.1, 0.15) is 26.2 Å². The second-order valence-electron chi connectivity index (χ2n) is 4.12. The van der Waals surface area contributed by atoms with Crippen LogP contribution in [-0.2, 0) is 4.74 Å². The van der Waals surface area contributed by atoms with Gasteiger partial charge >= 0.3 is 0 Å². The van der Waals surface area contributed by atoms with E-state index in [1.54, 1.807) is 7.11 Å². The fraction of sp³-hybridized carbons (Fsp3) is 1.00. The first-order valence-corrected chi connectivity index (χ1v) is 5.22. The number of ether oxygens (including phenoxy) is 1. The number of nitrogens with two attached hydrogens (primary N) is 1. The van der Waals surface area contributed by atoms with E-state index in [9.17, 15) is 0 Å². The average Bonchev–Trinajstić information content (AvgIpc) is 2.53. The highest BCUT2D eigenvalue weighted by Gasteiger charge is 2.21. The van der Waals surface area contributed by atoms with Gasteiger partial charge in [-0.15, -0.1) is 0 Å². The smallest absolute Gasteiger partial charge is 0.0817 e. The lowest BCUT2D eigenvalue weighted by atomic mass is 10.1. The predicted octanol–water partition coefficient (Wildman–Crippen LogP) is 0.738. The molecule has 0 spiro atoms. The highest BCUT2D eigenvalue weighted by molar-refractivity contribution is 4.79. The number of rotatable bonds is 5. The molecule has 13 heavy (non-hydrogen) atoms. The average molecular weight is 186 g/mol. The normalized spacial score (nSPS) is 30.7. The summed E-state index contributed by atoms with van der Waals surface area (Å²) in [7, 11) is 1.72. The largest absolute Gasteiger partial charge is 0.379 e. The molecule has 0 aliphatic heterocycles. The van der Waals surface area contributed by atoms with Gasteiger partial charge < -0.3 is 15.8 Å². The summed E-state index contributed by atoms with van der Waals surface area (Å²) in [6.45, 7) is 3.81. The molecular formula is C10H22N2O. The van der Waals surface area contributed by atoms with Crippen molar-refractivity contribution in [2.45, 2.75) is 38.3 Å². The van der Waals surface area contributed by atoms with Gasteiger partial charge in [-0.3, -0.25) is 0 Å². The van der Waals surface area contributed by atoms with Crippen LogP contribution < -0.4 is 11.1 Å². The van der Waals surface area contributed by atoms with Gasteiger partial charge in [0, 0.05) is 26.2 Å². The first kappa shape index (κ1) is 11.0. The minimum Gasteiger partial charge on any atom is -0.379 e. The van der Waals surface area contributed by atoms with Crippen molar-refractivity contribution in [3.63, 3.8) is 0 Å². The summed E-state index contributed by atoms with van der Waals surface area (Å²) < 4.78 is 5.20. The van der Waals surface area contributed by atoms with Crippen molar-refractivity contribution in [1.29, 1.82) is 0 Å². The maximum atomic E-state index is 5.53. The third-order valence-electron chi connectivity index (χ3n) is 2.93. The van der Waals surface area contributed by atoms with Gasteiger partial charge in [0.15, 0.2) is 0 Å². The Morgan fingerprint density at radius 3 is 2.77 bits per heavy atom. The summed E-state index contributed by atoms with van der Waals surface area (Å²) in [5.41, 5.74) is 5.53. The minimum atomic E-state index is 0.177. The Morgan fingerprint density at radius 1 is 1.54 bits per heavy atom. The van der Waals surface area contributed by atoms with E-state index in [-0.39, 0.29) is 6.10 Å². The SMILES string of the molecule is COC(CN)CNC1CCC(C)C1. The van der Waals surface area contributed by atoms with Gasteiger partial charge in [-0.25, -0.2) is 0 Å². The number of hydrogen-bond acceptors (Lipinski definition) is 3. The Kier molecular flexibility index (Phi) is 4.70. The van der Waals surface area contributed by atoms with Gasteiger partial charge in [0.25, 0.3) is 0 Å². The Bertz CT molecular complexity index is 137. The topological polar surface area (TPSA) is 47.3 Å². The van der Waals surface area contributed by atoms with E-state index in [2.05, 4.69) is 12.2 Å². The van der Waals surface area contributed by atoms with E-state index < -0.39 is 0 Å². The lowest BCUT2D eigenvalue weighted by molar-refractivity contribution is 0.106. The Balaban J connectivity index is 2.11. The Labute approximate surface area is 81.0 Å². The van der Waals surface area contributed by atoms with Crippen LogP contribution in [0.3, 0.4) is 0 Å². The molecule has 1 fully saturated rings. The van der Waals surface area contributed by atoms with Crippen molar-refractivity contribution in [3.8, 4) is 0 Å². The molecule has 0 aromatic carbocycles. The van der Waals surface area contributed by atoms with E-state index in [4.69, 9.17) is 10.5 Å². The summed E-state index contributed by atoms with van der Waals surface area (Å²) in [6, 6.07) is 0.694. The standard InChI is InChI=1S/C10H22N2O/c1-8-3-4-9(5-8)12-7-10(6-11)13-2/h8-10,12H,3-7,11H2,1-2H3. The molecule has 0 amide bonds. The number of hydrogen-bond donors (Lipinski definition) is 2. The molecule has 1 aliphatic rings. The van der Waals surface area contributed by atoms with Crippen molar-refractivity contribution in [2.75, 3.05) is 20.2 Å². The molecule has 78 valence electrons. The summed E-state index contributed by atoms with van der Waals surface area (Å²) in [5.74, 6) is 0.886. The van der Waals surface area contributed by atoms with Gasteiger partial charge in [-0.05, 0) is 25.2 Å². The third kappa shape index (κ3) is 3.63. The molecule has 0 bridgehead atoms. The highest BCUT2D eigenvalue weighted by Crippen LogP contribution is 2.24. The summed E-state index contributed by atoms with van der Waals surface area (Å²) in [4.78, 5) is 0. The van der Waals surface area contributed by atoms with Gasteiger partial charge in [0.2, 0.25) is 0 Å². The van der Waals surface area contributed by atoms with Crippen LogP contribution in [0.15, 0.2) is 0 Å². The van der Waals surface area contributed by atoms with Crippen molar-refractivity contribution < 1.29 is 4.74 Å². The first-order chi connectivity index (χ1) is 6.26. The molecule has 1 saturated carbocycles. The molecule has 0 radical (unpaired) electrons. The number of methoxy groups -OCH3 is 1. The third-order valence-corrected chi connectivity index (χ3v) is 2.93. The van der Waals surface area contributed by atoms with E-state index >= 15 is 0 Å². The predicted molar refractivity (Wildman–Crippen MR) is 54.7 cm³/mol. The Morgan fingerprint density at radius 2 is 2.31 bits per heavy atom. The van der Waals surface area contributed by atoms with Crippen molar-refractivity contribution >= 4 is 0 Å². The van der Waals surface area contributed by atoms with Crippen LogP contribution in [0.4, 0.5) is 0 Å². The quantitative estimate of drug-likeness (QED) is 0.665. The van der Waals surface area contributed by atoms with Crippen LogP contribution in [0.2, 0.25) is 0 Å². The zero-order valence-electron chi connectivity index (χ0n) is 8.75. The monoisotopic (exact) mass is 186 g/mol. The van der Waals surface area contributed by atoms with Crippen molar-refractivity contribution in [1.82, 2.24) is 5.32 Å². The molecule has 3 heteroatoms. The summed E-state index contributed by atoms with van der Waals surface area (Å²) in [5, 5.41) is 3.51. The molecule has 0 saturated heterocycles. The van der Waals surface area contributed by atoms with E-state index in [0.717, 1.165) is 12.5 Å². The van der Waals surface area contributed by atoms with Crippen molar-refractivity contribution in [2.24, 2.45) is 11.7 Å². The molecule has 1 aliphatic carbocycles. The Hall–Kier alpha value is -0.120. The highest BCUT2D eigenvalue weighted by atomic mass is 16.5. The second-order valence-corrected chi connectivity index (χ2v) is 4.12. The van der Waals surface area contributed by atoms with E-state index in [1.807, 2.05) is 0 Å². The maximum Gasteiger partial charge on any atom is 0.0817 e. The van der Waals surface area contributed by atoms with Crippen molar-refractivity contribution in [3.05, 3.63) is 0 Å². The van der Waals surface area contributed by atoms with Gasteiger partial charge in [0.05, 0.1) is 6.10 Å². The molecule has 0 aromatic rings. The number of nitrogens with one attached hydrogen (secondary N) is 1. The molecule has 3 N–H and O–H groups in total. The van der Waals surface area contributed by atoms with Crippen LogP contribution >= 0.6 is 0 Å². The van der Waals surface area contributed by atoms with E-state index in [0.29, 0.717) is 12.6 Å². The zero-order chi connectivity index (χ0) is 9.68. The summed E-state index contributed by atoms with van der Waals surface area (Å²) in [6.07, 6.45) is 4.15. The molecule has 3 atom stereocenters. The molecule has 0 aromatic heterocycles. The molecule has 0 heterocycles. The van der Waals surface area contributed by atoms with Crippen LogP contribution in [0.25, 0.3) is 0 Å². The van der Waals surface area contributed by atoms with Gasteiger partial charge in [0.1, 0.15) is 0 Å². The zero-order valence-corrected chi connectivity index (χ0v) is 8.75. The lowest BCUT2D eigenvalue weighted by Gasteiger charge is -2.17. The van der Waals surface area contributed by atoms with Crippen LogP contribution in [-0.4, -0.2) is 32.3 Å². The summed E-state index contributed by atoms with van der Waals surface area (Å²) >= 11 is 0. The fourth-order valence-electron chi connectivity index (χ4n) is 1.95. The molecular weight excluding hydrogens is 164 g/mol. The second kappa shape index (κ2) is 5.58. The van der Waals surface area contributed by atoms with Crippen LogP contribution in [0, 0.1) is 5.92 Å². The molecule has 3 nitrogen and oxygen atoms in total. The van der Waals surface area contributed by atoms with Gasteiger partial charge in [-0.2, -0.15) is 0 Å². The minimum absolute atomic E-state index is 0.177. The fourth-order valence-corrected chi connectivity index (χ4v) is 1.95. The van der Waals surface area contributed by atoms with E-state index in [1.165, 1.54) is 19.3 Å². The molecule has 1 rings (SSSR count). The van der Waals surface area contributed by atoms with Gasteiger partial charge in [-0.1, -0.05) is 6.92 Å². The lowest BCUT2D eigenvalue weighted by Crippen LogP contribution is -2.38. The first-order valence-electron chi connectivity index (χ1n) is 5.22. The molecule has 3 unspecified atom stereocenters. The van der Waals surface area contributed by atoms with Crippen LogP contribution in [0.5, 0.6) is 0 Å².